The lowest BCUT2D eigenvalue weighted by atomic mass is 9.82. The molecule has 2 heterocycles. The molecular formula is C19H22BrClN4O4. The zero-order chi connectivity index (χ0) is 21.5. The minimum absolute atomic E-state index is 0.0463. The molecule has 1 aliphatic rings. The molecule has 8 nitrogen and oxygen atoms in total. The summed E-state index contributed by atoms with van der Waals surface area (Å²) in [4.78, 5) is 22.4. The summed E-state index contributed by atoms with van der Waals surface area (Å²) in [7, 11) is 4.63. The molecule has 0 bridgehead atoms. The smallest absolute Gasteiger partial charge is 0.223 e. The summed E-state index contributed by atoms with van der Waals surface area (Å²) in [5, 5.41) is 0.246. The van der Waals surface area contributed by atoms with Crippen LogP contribution in [0.25, 0.3) is 0 Å². The van der Waals surface area contributed by atoms with Crippen molar-refractivity contribution in [3.63, 3.8) is 0 Å². The predicted molar refractivity (Wildman–Crippen MR) is 114 cm³/mol. The molecule has 2 N–H and O–H groups in total. The van der Waals surface area contributed by atoms with Crippen molar-refractivity contribution in [3.05, 3.63) is 26.8 Å². The first kappa shape index (κ1) is 21.4. The number of methoxy groups -OCH3 is 3. The van der Waals surface area contributed by atoms with E-state index >= 15 is 0 Å². The fourth-order valence-electron chi connectivity index (χ4n) is 3.76. The standard InChI is InChI=1S/C19H22BrClN4O4/c1-19(2)11(8-26)25(17-12(19)16(21)23-18(22)24-17)7-9-6-10(27-3)14(28-4)15(29-5)13(9)20/h6,8,11H,7H2,1-5H3,(H2,22,23,24). The summed E-state index contributed by atoms with van der Waals surface area (Å²) in [6, 6.07) is 1.31. The second-order valence-electron chi connectivity index (χ2n) is 7.12. The fourth-order valence-corrected chi connectivity index (χ4v) is 4.75. The Kier molecular flexibility index (Phi) is 5.82. The van der Waals surface area contributed by atoms with Crippen molar-refractivity contribution in [3.8, 4) is 17.2 Å². The van der Waals surface area contributed by atoms with Gasteiger partial charge in [-0.3, -0.25) is 0 Å². The number of fused-ring (bicyclic) bond motifs is 1. The molecule has 1 aliphatic heterocycles. The van der Waals surface area contributed by atoms with Gasteiger partial charge in [0.05, 0.1) is 31.8 Å². The maximum atomic E-state index is 12.1. The van der Waals surface area contributed by atoms with E-state index in [1.165, 1.54) is 7.11 Å². The molecule has 29 heavy (non-hydrogen) atoms. The minimum atomic E-state index is -0.602. The maximum absolute atomic E-state index is 12.1. The Balaban J connectivity index is 2.17. The van der Waals surface area contributed by atoms with Crippen molar-refractivity contribution in [1.82, 2.24) is 9.97 Å². The van der Waals surface area contributed by atoms with Crippen LogP contribution in [0.15, 0.2) is 10.5 Å². The van der Waals surface area contributed by atoms with Gasteiger partial charge in [0.2, 0.25) is 11.7 Å². The van der Waals surface area contributed by atoms with Crippen LogP contribution in [-0.2, 0) is 16.8 Å². The van der Waals surface area contributed by atoms with Crippen LogP contribution in [0.2, 0.25) is 5.15 Å². The number of halogens is 2. The predicted octanol–water partition coefficient (Wildman–Crippen LogP) is 3.37. The summed E-state index contributed by atoms with van der Waals surface area (Å²) in [5.74, 6) is 2.04. The molecule has 0 saturated carbocycles. The van der Waals surface area contributed by atoms with Gasteiger partial charge in [0.1, 0.15) is 17.3 Å². The molecule has 0 aliphatic carbocycles. The zero-order valence-electron chi connectivity index (χ0n) is 16.7. The zero-order valence-corrected chi connectivity index (χ0v) is 19.1. The van der Waals surface area contributed by atoms with Gasteiger partial charge in [-0.2, -0.15) is 4.98 Å². The van der Waals surface area contributed by atoms with Crippen molar-refractivity contribution in [1.29, 1.82) is 0 Å². The van der Waals surface area contributed by atoms with Crippen LogP contribution in [0, 0.1) is 0 Å². The molecule has 156 valence electrons. The molecule has 0 saturated heterocycles. The van der Waals surface area contributed by atoms with Gasteiger partial charge in [-0.25, -0.2) is 4.98 Å². The molecule has 1 unspecified atom stereocenters. The highest BCUT2D eigenvalue weighted by atomic mass is 79.9. The Morgan fingerprint density at radius 3 is 2.45 bits per heavy atom. The SMILES string of the molecule is COc1cc(CN2c3nc(N)nc(Cl)c3C(C)(C)C2C=O)c(Br)c(OC)c1OC. The normalized spacial score (nSPS) is 17.1. The second-order valence-corrected chi connectivity index (χ2v) is 8.27. The fraction of sp³-hybridized carbons (Fsp3) is 0.421. The van der Waals surface area contributed by atoms with Gasteiger partial charge in [-0.1, -0.05) is 25.4 Å². The summed E-state index contributed by atoms with van der Waals surface area (Å²) < 4.78 is 17.1. The van der Waals surface area contributed by atoms with E-state index in [1.54, 1.807) is 14.2 Å². The van der Waals surface area contributed by atoms with E-state index in [-0.39, 0.29) is 11.1 Å². The molecule has 0 fully saturated rings. The Bertz CT molecular complexity index is 970. The minimum Gasteiger partial charge on any atom is -0.493 e. The van der Waals surface area contributed by atoms with Gasteiger partial charge in [-0.05, 0) is 27.6 Å². The number of nitrogen functional groups attached to an aromatic ring is 1. The highest BCUT2D eigenvalue weighted by Gasteiger charge is 2.48. The number of nitrogens with two attached hydrogens (primary N) is 1. The molecule has 3 rings (SSSR count). The number of hydrogen-bond acceptors (Lipinski definition) is 8. The Labute approximate surface area is 182 Å². The van der Waals surface area contributed by atoms with Crippen molar-refractivity contribution in [2.24, 2.45) is 0 Å². The van der Waals surface area contributed by atoms with E-state index in [1.807, 2.05) is 24.8 Å². The molecule has 0 amide bonds. The lowest BCUT2D eigenvalue weighted by Crippen LogP contribution is -2.42. The van der Waals surface area contributed by atoms with Gasteiger partial charge in [0.15, 0.2) is 11.5 Å². The van der Waals surface area contributed by atoms with E-state index in [4.69, 9.17) is 31.5 Å². The molecule has 10 heteroatoms. The highest BCUT2D eigenvalue weighted by Crippen LogP contribution is 2.49. The van der Waals surface area contributed by atoms with E-state index in [0.717, 1.165) is 11.8 Å². The number of ether oxygens (including phenoxy) is 3. The Morgan fingerprint density at radius 2 is 1.90 bits per heavy atom. The lowest BCUT2D eigenvalue weighted by Gasteiger charge is -2.30. The summed E-state index contributed by atoms with van der Waals surface area (Å²) in [6.45, 7) is 4.19. The van der Waals surface area contributed by atoms with E-state index in [0.29, 0.717) is 39.6 Å². The number of nitrogens with zero attached hydrogens (tertiary/aromatic N) is 3. The summed E-state index contributed by atoms with van der Waals surface area (Å²) in [6.07, 6.45) is 0.889. The molecule has 1 aromatic heterocycles. The third-order valence-electron chi connectivity index (χ3n) is 5.17. The number of anilines is 2. The molecule has 0 spiro atoms. The average molecular weight is 486 g/mol. The largest absolute Gasteiger partial charge is 0.493 e. The molecule has 0 radical (unpaired) electrons. The van der Waals surface area contributed by atoms with Gasteiger partial charge < -0.3 is 29.6 Å². The van der Waals surface area contributed by atoms with Crippen molar-refractivity contribution in [2.75, 3.05) is 32.0 Å². The molecule has 1 aromatic carbocycles. The second kappa shape index (κ2) is 7.87. The Morgan fingerprint density at radius 1 is 1.24 bits per heavy atom. The first-order valence-corrected chi connectivity index (χ1v) is 9.91. The van der Waals surface area contributed by atoms with Crippen LogP contribution < -0.4 is 24.8 Å². The quantitative estimate of drug-likeness (QED) is 0.491. The topological polar surface area (TPSA) is 99.8 Å². The number of carbonyl (C=O) groups excluding carboxylic acids is 1. The molecule has 2 aromatic rings. The van der Waals surface area contributed by atoms with Gasteiger partial charge in [0, 0.05) is 17.5 Å². The first-order valence-electron chi connectivity index (χ1n) is 8.73. The number of rotatable bonds is 6. The van der Waals surface area contributed by atoms with Crippen LogP contribution in [0.3, 0.4) is 0 Å². The van der Waals surface area contributed by atoms with Gasteiger partial charge in [0.25, 0.3) is 0 Å². The highest BCUT2D eigenvalue weighted by molar-refractivity contribution is 9.10. The number of aromatic nitrogens is 2. The van der Waals surface area contributed by atoms with Crippen LogP contribution >= 0.6 is 27.5 Å². The van der Waals surface area contributed by atoms with Gasteiger partial charge >= 0.3 is 0 Å². The molecule has 1 atom stereocenters. The number of hydrogen-bond donors (Lipinski definition) is 1. The summed E-state index contributed by atoms with van der Waals surface area (Å²) >= 11 is 9.96. The summed E-state index contributed by atoms with van der Waals surface area (Å²) in [5.41, 5.74) is 6.73. The number of carbonyl (C=O) groups is 1. The lowest BCUT2D eigenvalue weighted by molar-refractivity contribution is -0.109. The van der Waals surface area contributed by atoms with E-state index in [2.05, 4.69) is 25.9 Å². The first-order chi connectivity index (χ1) is 13.7. The van der Waals surface area contributed by atoms with Crippen LogP contribution in [-0.4, -0.2) is 43.6 Å². The third-order valence-corrected chi connectivity index (χ3v) is 6.31. The van der Waals surface area contributed by atoms with Gasteiger partial charge in [-0.15, -0.1) is 0 Å². The average Bonchev–Trinajstić information content (AvgIpc) is 2.88. The Hall–Kier alpha value is -2.26. The van der Waals surface area contributed by atoms with Crippen LogP contribution in [0.4, 0.5) is 11.8 Å². The van der Waals surface area contributed by atoms with Crippen molar-refractivity contribution >= 4 is 45.6 Å². The van der Waals surface area contributed by atoms with E-state index < -0.39 is 11.5 Å². The van der Waals surface area contributed by atoms with Crippen molar-refractivity contribution in [2.45, 2.75) is 31.8 Å². The maximum Gasteiger partial charge on any atom is 0.223 e. The van der Waals surface area contributed by atoms with Crippen LogP contribution in [0.1, 0.15) is 25.0 Å². The van der Waals surface area contributed by atoms with E-state index in [9.17, 15) is 4.79 Å². The van der Waals surface area contributed by atoms with Crippen molar-refractivity contribution < 1.29 is 19.0 Å². The number of benzene rings is 1. The monoisotopic (exact) mass is 484 g/mol. The third kappa shape index (κ3) is 3.36. The molecular weight excluding hydrogens is 464 g/mol. The number of aldehydes is 1. The van der Waals surface area contributed by atoms with Crippen LogP contribution in [0.5, 0.6) is 17.2 Å².